The topological polar surface area (TPSA) is 23.6 Å². The number of amides is 1. The molecule has 2 rings (SSSR count). The van der Waals surface area contributed by atoms with Crippen molar-refractivity contribution in [3.63, 3.8) is 0 Å². The number of nitrogens with zero attached hydrogens (tertiary/aromatic N) is 2. The van der Waals surface area contributed by atoms with Gasteiger partial charge in [0.1, 0.15) is 5.38 Å². The highest BCUT2D eigenvalue weighted by atomic mass is 35.5. The minimum Gasteiger partial charge on any atom is -0.339 e. The number of hydrogen-bond donors (Lipinski definition) is 0. The molecule has 0 aromatic heterocycles. The number of carbonyl (C=O) groups excluding carboxylic acids is 1. The van der Waals surface area contributed by atoms with Crippen LogP contribution in [-0.2, 0) is 4.79 Å². The summed E-state index contributed by atoms with van der Waals surface area (Å²) in [6.07, 6.45) is 1.15. The van der Waals surface area contributed by atoms with Gasteiger partial charge in [0.15, 0.2) is 0 Å². The summed E-state index contributed by atoms with van der Waals surface area (Å²) in [5, 5.41) is -0.564. The number of halogens is 1. The van der Waals surface area contributed by atoms with Crippen molar-refractivity contribution in [3.05, 3.63) is 35.9 Å². The van der Waals surface area contributed by atoms with Gasteiger partial charge >= 0.3 is 0 Å². The smallest absolute Gasteiger partial charge is 0.245 e. The second-order valence-corrected chi connectivity index (χ2v) is 5.83. The normalized spacial score (nSPS) is 19.6. The van der Waals surface area contributed by atoms with E-state index in [-0.39, 0.29) is 5.91 Å². The molecule has 4 heteroatoms. The van der Waals surface area contributed by atoms with Crippen LogP contribution >= 0.6 is 11.6 Å². The molecule has 0 radical (unpaired) electrons. The largest absolute Gasteiger partial charge is 0.339 e. The van der Waals surface area contributed by atoms with Crippen molar-refractivity contribution < 1.29 is 4.79 Å². The Balaban J connectivity index is 1.92. The first-order chi connectivity index (χ1) is 9.63. The number of carbonyl (C=O) groups is 1. The molecule has 1 heterocycles. The molecule has 2 atom stereocenters. The van der Waals surface area contributed by atoms with E-state index in [1.807, 2.05) is 35.2 Å². The maximum absolute atomic E-state index is 12.4. The fourth-order valence-corrected chi connectivity index (χ4v) is 2.85. The zero-order chi connectivity index (χ0) is 14.5. The van der Waals surface area contributed by atoms with Gasteiger partial charge in [0.25, 0.3) is 0 Å². The van der Waals surface area contributed by atoms with Crippen LogP contribution < -0.4 is 0 Å². The summed E-state index contributed by atoms with van der Waals surface area (Å²) in [6, 6.07) is 10.2. The Morgan fingerprint density at radius 2 is 1.80 bits per heavy atom. The van der Waals surface area contributed by atoms with Crippen LogP contribution in [0.4, 0.5) is 0 Å². The standard InChI is InChI=1S/C16H23ClN2O/c1-3-13(2)18-9-11-19(12-10-18)16(20)15(17)14-7-5-4-6-8-14/h4-8,13,15H,3,9-12H2,1-2H3. The van der Waals surface area contributed by atoms with Crippen molar-refractivity contribution in [2.45, 2.75) is 31.7 Å². The van der Waals surface area contributed by atoms with Gasteiger partial charge in [-0.15, -0.1) is 11.6 Å². The van der Waals surface area contributed by atoms with Gasteiger partial charge in [-0.2, -0.15) is 0 Å². The van der Waals surface area contributed by atoms with Crippen molar-refractivity contribution in [3.8, 4) is 0 Å². The Morgan fingerprint density at radius 1 is 1.20 bits per heavy atom. The van der Waals surface area contributed by atoms with Crippen molar-refractivity contribution in [1.82, 2.24) is 9.80 Å². The van der Waals surface area contributed by atoms with Crippen LogP contribution in [0.25, 0.3) is 0 Å². The monoisotopic (exact) mass is 294 g/mol. The molecule has 2 unspecified atom stereocenters. The average molecular weight is 295 g/mol. The highest BCUT2D eigenvalue weighted by Crippen LogP contribution is 2.23. The molecule has 0 bridgehead atoms. The van der Waals surface area contributed by atoms with Gasteiger partial charge in [-0.05, 0) is 18.9 Å². The van der Waals surface area contributed by atoms with Crippen molar-refractivity contribution >= 4 is 17.5 Å². The lowest BCUT2D eigenvalue weighted by Crippen LogP contribution is -2.51. The molecule has 1 aliphatic heterocycles. The van der Waals surface area contributed by atoms with Gasteiger partial charge < -0.3 is 4.90 Å². The van der Waals surface area contributed by atoms with Crippen LogP contribution in [0.1, 0.15) is 31.2 Å². The summed E-state index contributed by atoms with van der Waals surface area (Å²) in [7, 11) is 0. The molecular weight excluding hydrogens is 272 g/mol. The average Bonchev–Trinajstić information content (AvgIpc) is 2.53. The number of benzene rings is 1. The molecule has 1 fully saturated rings. The Kier molecular flexibility index (Phi) is 5.44. The van der Waals surface area contributed by atoms with Crippen LogP contribution in [0, 0.1) is 0 Å². The van der Waals surface area contributed by atoms with Gasteiger partial charge in [-0.25, -0.2) is 0 Å². The molecule has 1 saturated heterocycles. The molecule has 3 nitrogen and oxygen atoms in total. The predicted molar refractivity (Wildman–Crippen MR) is 82.9 cm³/mol. The van der Waals surface area contributed by atoms with Crippen LogP contribution in [0.3, 0.4) is 0 Å². The summed E-state index contributed by atoms with van der Waals surface area (Å²) in [5.74, 6) is 0.0293. The quantitative estimate of drug-likeness (QED) is 0.797. The molecular formula is C16H23ClN2O. The Hall–Kier alpha value is -1.06. The first-order valence-corrected chi connectivity index (χ1v) is 7.79. The van der Waals surface area contributed by atoms with E-state index in [2.05, 4.69) is 18.7 Å². The molecule has 0 N–H and O–H groups in total. The number of hydrogen-bond acceptors (Lipinski definition) is 2. The highest BCUT2D eigenvalue weighted by molar-refractivity contribution is 6.30. The van der Waals surface area contributed by atoms with E-state index >= 15 is 0 Å². The zero-order valence-electron chi connectivity index (χ0n) is 12.3. The lowest BCUT2D eigenvalue weighted by Gasteiger charge is -2.38. The SMILES string of the molecule is CCC(C)N1CCN(C(=O)C(Cl)c2ccccc2)CC1. The zero-order valence-corrected chi connectivity index (χ0v) is 13.0. The fourth-order valence-electron chi connectivity index (χ4n) is 2.57. The van der Waals surface area contributed by atoms with Gasteiger partial charge in [0, 0.05) is 32.2 Å². The van der Waals surface area contributed by atoms with E-state index in [0.29, 0.717) is 6.04 Å². The molecule has 0 spiro atoms. The first kappa shape index (κ1) is 15.3. The maximum Gasteiger partial charge on any atom is 0.245 e. The van der Waals surface area contributed by atoms with Gasteiger partial charge in [-0.1, -0.05) is 37.3 Å². The van der Waals surface area contributed by atoms with E-state index in [4.69, 9.17) is 11.6 Å². The van der Waals surface area contributed by atoms with E-state index in [0.717, 1.165) is 38.2 Å². The number of rotatable bonds is 4. The van der Waals surface area contributed by atoms with E-state index < -0.39 is 5.38 Å². The minimum absolute atomic E-state index is 0.0293. The molecule has 1 amide bonds. The van der Waals surface area contributed by atoms with Gasteiger partial charge in [0.05, 0.1) is 0 Å². The Morgan fingerprint density at radius 3 is 2.35 bits per heavy atom. The molecule has 20 heavy (non-hydrogen) atoms. The van der Waals surface area contributed by atoms with Crippen molar-refractivity contribution in [2.75, 3.05) is 26.2 Å². The predicted octanol–water partition coefficient (Wildman–Crippen LogP) is 2.91. The molecule has 0 saturated carbocycles. The molecule has 1 aromatic rings. The molecule has 1 aliphatic rings. The second kappa shape index (κ2) is 7.09. The molecule has 1 aromatic carbocycles. The van der Waals surface area contributed by atoms with Crippen LogP contribution in [0.15, 0.2) is 30.3 Å². The minimum atomic E-state index is -0.564. The number of alkyl halides is 1. The summed E-state index contributed by atoms with van der Waals surface area (Å²) in [6.45, 7) is 7.88. The van der Waals surface area contributed by atoms with E-state index in [1.54, 1.807) is 0 Å². The first-order valence-electron chi connectivity index (χ1n) is 7.35. The fraction of sp³-hybridized carbons (Fsp3) is 0.562. The van der Waals surface area contributed by atoms with Crippen LogP contribution in [0.2, 0.25) is 0 Å². The molecule has 110 valence electrons. The Labute approximate surface area is 126 Å². The summed E-state index contributed by atoms with van der Waals surface area (Å²) in [5.41, 5.74) is 0.878. The van der Waals surface area contributed by atoms with E-state index in [9.17, 15) is 4.79 Å². The van der Waals surface area contributed by atoms with Crippen molar-refractivity contribution in [2.24, 2.45) is 0 Å². The number of piperazine rings is 1. The van der Waals surface area contributed by atoms with E-state index in [1.165, 1.54) is 0 Å². The van der Waals surface area contributed by atoms with Crippen LogP contribution in [0.5, 0.6) is 0 Å². The third kappa shape index (κ3) is 3.53. The van der Waals surface area contributed by atoms with Gasteiger partial charge in [0.2, 0.25) is 5.91 Å². The lowest BCUT2D eigenvalue weighted by atomic mass is 10.1. The second-order valence-electron chi connectivity index (χ2n) is 5.39. The van der Waals surface area contributed by atoms with Crippen molar-refractivity contribution in [1.29, 1.82) is 0 Å². The maximum atomic E-state index is 12.4. The molecule has 0 aliphatic carbocycles. The third-order valence-corrected chi connectivity index (χ3v) is 4.59. The highest BCUT2D eigenvalue weighted by Gasteiger charge is 2.28. The summed E-state index contributed by atoms with van der Waals surface area (Å²) < 4.78 is 0. The summed E-state index contributed by atoms with van der Waals surface area (Å²) in [4.78, 5) is 16.8. The Bertz CT molecular complexity index is 429. The third-order valence-electron chi connectivity index (χ3n) is 4.15. The van der Waals surface area contributed by atoms with Crippen LogP contribution in [-0.4, -0.2) is 47.9 Å². The van der Waals surface area contributed by atoms with Gasteiger partial charge in [-0.3, -0.25) is 9.69 Å². The summed E-state index contributed by atoms with van der Waals surface area (Å²) >= 11 is 6.31. The lowest BCUT2D eigenvalue weighted by molar-refractivity contribution is -0.133.